The molecule has 2 aromatic heterocycles. The standard InChI is InChI=1S/C20H14N4O3/c25-20(22-14-7-4-10-21-12-14)19-18(13-5-2-1-3-6-13)16-11-15(24(26)27)8-9-17(16)23-19/h1-12,23H,(H,22,25). The molecule has 0 unspecified atom stereocenters. The molecule has 4 rings (SSSR count). The van der Waals surface area contributed by atoms with Gasteiger partial charge in [0.1, 0.15) is 5.69 Å². The SMILES string of the molecule is O=C(Nc1cccnc1)c1[nH]c2ccc([N+](=O)[O-])cc2c1-c1ccccc1. The van der Waals surface area contributed by atoms with Crippen molar-refractivity contribution in [1.29, 1.82) is 0 Å². The zero-order valence-corrected chi connectivity index (χ0v) is 14.0. The molecule has 7 heteroatoms. The second-order valence-corrected chi connectivity index (χ2v) is 5.92. The first kappa shape index (κ1) is 16.5. The number of nitrogens with one attached hydrogen (secondary N) is 2. The fourth-order valence-electron chi connectivity index (χ4n) is 3.00. The molecular formula is C20H14N4O3. The number of benzene rings is 2. The van der Waals surface area contributed by atoms with Crippen LogP contribution in [0.2, 0.25) is 0 Å². The number of pyridine rings is 1. The van der Waals surface area contributed by atoms with Crippen molar-refractivity contribution in [3.05, 3.63) is 88.9 Å². The van der Waals surface area contributed by atoms with Crippen molar-refractivity contribution in [3.8, 4) is 11.1 Å². The highest BCUT2D eigenvalue weighted by Gasteiger charge is 2.21. The third kappa shape index (κ3) is 3.13. The monoisotopic (exact) mass is 358 g/mol. The lowest BCUT2D eigenvalue weighted by Gasteiger charge is -2.07. The maximum atomic E-state index is 12.9. The number of hydrogen-bond donors (Lipinski definition) is 2. The van der Waals surface area contributed by atoms with E-state index in [0.717, 1.165) is 5.56 Å². The van der Waals surface area contributed by atoms with Gasteiger partial charge in [-0.3, -0.25) is 19.9 Å². The van der Waals surface area contributed by atoms with Crippen LogP contribution in [-0.2, 0) is 0 Å². The highest BCUT2D eigenvalue weighted by atomic mass is 16.6. The molecule has 0 saturated heterocycles. The van der Waals surface area contributed by atoms with Crippen molar-refractivity contribution in [3.63, 3.8) is 0 Å². The largest absolute Gasteiger partial charge is 0.350 e. The molecule has 27 heavy (non-hydrogen) atoms. The van der Waals surface area contributed by atoms with Crippen LogP contribution >= 0.6 is 0 Å². The van der Waals surface area contributed by atoms with Gasteiger partial charge in [0.15, 0.2) is 0 Å². The predicted molar refractivity (Wildman–Crippen MR) is 103 cm³/mol. The van der Waals surface area contributed by atoms with Gasteiger partial charge in [0.2, 0.25) is 0 Å². The third-order valence-electron chi connectivity index (χ3n) is 4.20. The number of nitrogens with zero attached hydrogens (tertiary/aromatic N) is 2. The van der Waals surface area contributed by atoms with Crippen molar-refractivity contribution in [2.75, 3.05) is 5.32 Å². The number of hydrogen-bond acceptors (Lipinski definition) is 4. The first-order valence-corrected chi connectivity index (χ1v) is 8.20. The van der Waals surface area contributed by atoms with Crippen LogP contribution in [0.25, 0.3) is 22.0 Å². The normalized spacial score (nSPS) is 10.7. The van der Waals surface area contributed by atoms with E-state index >= 15 is 0 Å². The molecular weight excluding hydrogens is 344 g/mol. The molecule has 0 aliphatic heterocycles. The number of fused-ring (bicyclic) bond motifs is 1. The van der Waals surface area contributed by atoms with E-state index in [1.165, 1.54) is 12.1 Å². The van der Waals surface area contributed by atoms with Crippen molar-refractivity contribution in [2.24, 2.45) is 0 Å². The summed E-state index contributed by atoms with van der Waals surface area (Å²) in [4.78, 5) is 30.7. The Morgan fingerprint density at radius 2 is 1.89 bits per heavy atom. The molecule has 0 bridgehead atoms. The van der Waals surface area contributed by atoms with Gasteiger partial charge in [0.25, 0.3) is 11.6 Å². The average Bonchev–Trinajstić information content (AvgIpc) is 3.08. The molecule has 0 saturated carbocycles. The second-order valence-electron chi connectivity index (χ2n) is 5.92. The van der Waals surface area contributed by atoms with Crippen LogP contribution in [0.3, 0.4) is 0 Å². The minimum atomic E-state index is -0.448. The molecule has 2 heterocycles. The summed E-state index contributed by atoms with van der Waals surface area (Å²) in [6.45, 7) is 0. The van der Waals surface area contributed by atoms with Crippen LogP contribution in [0.1, 0.15) is 10.5 Å². The Balaban J connectivity index is 1.89. The van der Waals surface area contributed by atoms with Gasteiger partial charge in [-0.2, -0.15) is 0 Å². The van der Waals surface area contributed by atoms with Crippen LogP contribution in [0.15, 0.2) is 73.1 Å². The summed E-state index contributed by atoms with van der Waals surface area (Å²) < 4.78 is 0. The van der Waals surface area contributed by atoms with E-state index in [-0.39, 0.29) is 11.6 Å². The molecule has 1 amide bonds. The molecule has 0 aliphatic carbocycles. The Bertz CT molecular complexity index is 1140. The van der Waals surface area contributed by atoms with Crippen molar-refractivity contribution < 1.29 is 9.72 Å². The molecule has 0 atom stereocenters. The van der Waals surface area contributed by atoms with E-state index in [2.05, 4.69) is 15.3 Å². The minimum Gasteiger partial charge on any atom is -0.350 e. The summed E-state index contributed by atoms with van der Waals surface area (Å²) in [5.41, 5.74) is 2.93. The van der Waals surface area contributed by atoms with Crippen LogP contribution < -0.4 is 5.32 Å². The van der Waals surface area contributed by atoms with Gasteiger partial charge in [0.05, 0.1) is 16.8 Å². The topological polar surface area (TPSA) is 101 Å². The molecule has 0 radical (unpaired) electrons. The maximum absolute atomic E-state index is 12.9. The summed E-state index contributed by atoms with van der Waals surface area (Å²) in [5, 5.41) is 14.6. The molecule has 2 N–H and O–H groups in total. The van der Waals surface area contributed by atoms with Crippen molar-refractivity contribution in [1.82, 2.24) is 9.97 Å². The Kier molecular flexibility index (Phi) is 4.10. The maximum Gasteiger partial charge on any atom is 0.272 e. The van der Waals surface area contributed by atoms with Gasteiger partial charge >= 0.3 is 0 Å². The molecule has 0 fully saturated rings. The van der Waals surface area contributed by atoms with Crippen LogP contribution in [-0.4, -0.2) is 20.8 Å². The number of carbonyl (C=O) groups is 1. The Labute approximate surface area is 153 Å². The van der Waals surface area contributed by atoms with Gasteiger partial charge in [-0.05, 0) is 23.8 Å². The highest BCUT2D eigenvalue weighted by Crippen LogP contribution is 2.34. The number of anilines is 1. The summed E-state index contributed by atoms with van der Waals surface area (Å²) in [5.74, 6) is -0.347. The number of non-ortho nitro benzene ring substituents is 1. The Hall–Kier alpha value is -4.00. The lowest BCUT2D eigenvalue weighted by Crippen LogP contribution is -2.13. The van der Waals surface area contributed by atoms with Crippen LogP contribution in [0.4, 0.5) is 11.4 Å². The molecule has 132 valence electrons. The van der Waals surface area contributed by atoms with Crippen LogP contribution in [0, 0.1) is 10.1 Å². The van der Waals surface area contributed by atoms with E-state index in [4.69, 9.17) is 0 Å². The predicted octanol–water partition coefficient (Wildman–Crippen LogP) is 4.39. The number of H-pyrrole nitrogens is 1. The molecule has 0 spiro atoms. The fourth-order valence-corrected chi connectivity index (χ4v) is 3.00. The van der Waals surface area contributed by atoms with E-state index < -0.39 is 4.92 Å². The molecule has 0 aliphatic rings. The zero-order valence-electron chi connectivity index (χ0n) is 14.0. The van der Waals surface area contributed by atoms with Crippen LogP contribution in [0.5, 0.6) is 0 Å². The number of carbonyl (C=O) groups excluding carboxylic acids is 1. The van der Waals surface area contributed by atoms with E-state index in [1.807, 2.05) is 30.3 Å². The minimum absolute atomic E-state index is 0.0297. The third-order valence-corrected chi connectivity index (χ3v) is 4.20. The average molecular weight is 358 g/mol. The summed E-state index contributed by atoms with van der Waals surface area (Å²) in [7, 11) is 0. The van der Waals surface area contributed by atoms with Gasteiger partial charge in [-0.25, -0.2) is 0 Å². The second kappa shape index (κ2) is 6.72. The Morgan fingerprint density at radius 1 is 1.07 bits per heavy atom. The summed E-state index contributed by atoms with van der Waals surface area (Å²) >= 11 is 0. The van der Waals surface area contributed by atoms with E-state index in [9.17, 15) is 14.9 Å². The number of rotatable bonds is 4. The highest BCUT2D eigenvalue weighted by molar-refractivity contribution is 6.14. The quantitative estimate of drug-likeness (QED) is 0.417. The first-order chi connectivity index (χ1) is 13.1. The lowest BCUT2D eigenvalue weighted by atomic mass is 10.0. The number of aromatic amines is 1. The van der Waals surface area contributed by atoms with Gasteiger partial charge in [-0.1, -0.05) is 30.3 Å². The molecule has 2 aromatic carbocycles. The molecule has 7 nitrogen and oxygen atoms in total. The number of nitro benzene ring substituents is 1. The summed E-state index contributed by atoms with van der Waals surface area (Å²) in [6.07, 6.45) is 3.17. The lowest BCUT2D eigenvalue weighted by molar-refractivity contribution is -0.384. The number of amides is 1. The van der Waals surface area contributed by atoms with Gasteiger partial charge in [0, 0.05) is 34.8 Å². The fraction of sp³-hybridized carbons (Fsp3) is 0. The van der Waals surface area contributed by atoms with Gasteiger partial charge < -0.3 is 10.3 Å². The number of nitro groups is 1. The van der Waals surface area contributed by atoms with Crippen molar-refractivity contribution >= 4 is 28.2 Å². The molecule has 4 aromatic rings. The summed E-state index contributed by atoms with van der Waals surface area (Å²) in [6, 6.07) is 17.3. The van der Waals surface area contributed by atoms with E-state index in [1.54, 1.807) is 30.6 Å². The zero-order chi connectivity index (χ0) is 18.8. The van der Waals surface area contributed by atoms with Gasteiger partial charge in [-0.15, -0.1) is 0 Å². The smallest absolute Gasteiger partial charge is 0.272 e. The Morgan fingerprint density at radius 3 is 2.59 bits per heavy atom. The van der Waals surface area contributed by atoms with E-state index in [0.29, 0.717) is 27.8 Å². The number of aromatic nitrogens is 2. The first-order valence-electron chi connectivity index (χ1n) is 8.20. The van der Waals surface area contributed by atoms with Crippen molar-refractivity contribution in [2.45, 2.75) is 0 Å².